The van der Waals surface area contributed by atoms with E-state index in [1.54, 1.807) is 0 Å². The smallest absolute Gasteiger partial charge is 0.247 e. The summed E-state index contributed by atoms with van der Waals surface area (Å²) in [5.41, 5.74) is 2.62. The Balaban J connectivity index is 1.39. The van der Waals surface area contributed by atoms with E-state index in [1.807, 2.05) is 61.5 Å². The minimum atomic E-state index is -0.133. The molecule has 26 heavy (non-hydrogen) atoms. The molecule has 1 unspecified atom stereocenters. The van der Waals surface area contributed by atoms with Gasteiger partial charge in [-0.25, -0.2) is 0 Å². The van der Waals surface area contributed by atoms with Gasteiger partial charge in [-0.05, 0) is 56.2 Å². The van der Waals surface area contributed by atoms with Gasteiger partial charge in [0.15, 0.2) is 0 Å². The highest BCUT2D eigenvalue weighted by molar-refractivity contribution is 5.94. The van der Waals surface area contributed by atoms with Crippen molar-refractivity contribution in [3.8, 4) is 11.5 Å². The zero-order valence-corrected chi connectivity index (χ0v) is 14.5. The van der Waals surface area contributed by atoms with E-state index in [2.05, 4.69) is 20.8 Å². The van der Waals surface area contributed by atoms with Crippen LogP contribution in [0.5, 0.6) is 0 Å². The van der Waals surface area contributed by atoms with Gasteiger partial charge in [0.25, 0.3) is 0 Å². The van der Waals surface area contributed by atoms with E-state index in [1.165, 1.54) is 0 Å². The molecule has 0 spiro atoms. The summed E-state index contributed by atoms with van der Waals surface area (Å²) in [6.45, 7) is 1.96. The first kappa shape index (κ1) is 16.3. The highest BCUT2D eigenvalue weighted by Gasteiger charge is 2.29. The predicted octanol–water partition coefficient (Wildman–Crippen LogP) is 4.26. The molecule has 4 rings (SSSR count). The molecule has 1 aromatic heterocycles. The molecule has 0 radical (unpaired) electrons. The Labute approximate surface area is 151 Å². The van der Waals surface area contributed by atoms with E-state index in [0.29, 0.717) is 11.8 Å². The van der Waals surface area contributed by atoms with Crippen LogP contribution in [0.4, 0.5) is 11.4 Å². The van der Waals surface area contributed by atoms with Gasteiger partial charge < -0.3 is 15.1 Å². The average Bonchev–Trinajstić information content (AvgIpc) is 3.41. The number of anilines is 2. The lowest BCUT2D eigenvalue weighted by molar-refractivity contribution is -0.117. The Morgan fingerprint density at radius 2 is 1.73 bits per heavy atom. The molecular formula is C20H20N4O2. The summed E-state index contributed by atoms with van der Waals surface area (Å²) in [6, 6.07) is 17.2. The van der Waals surface area contributed by atoms with Crippen LogP contribution in [0, 0.1) is 5.92 Å². The standard InChI is InChI=1S/C20H20N4O2/c1-13(19-23-24-20(26-19)15-5-3-2-4-6-15)21-16-9-11-17(12-10-16)22-18(25)14-7-8-14/h2-6,9-14,21H,7-8H2,1H3,(H,22,25). The maximum Gasteiger partial charge on any atom is 0.247 e. The van der Waals surface area contributed by atoms with Crippen LogP contribution >= 0.6 is 0 Å². The number of carbonyl (C=O) groups excluding carboxylic acids is 1. The van der Waals surface area contributed by atoms with Gasteiger partial charge in [0, 0.05) is 22.9 Å². The van der Waals surface area contributed by atoms with Crippen molar-refractivity contribution in [3.05, 3.63) is 60.5 Å². The molecule has 132 valence electrons. The van der Waals surface area contributed by atoms with Crippen molar-refractivity contribution in [2.75, 3.05) is 10.6 Å². The van der Waals surface area contributed by atoms with Crippen LogP contribution in [0.3, 0.4) is 0 Å². The second-order valence-corrected chi connectivity index (χ2v) is 6.52. The molecule has 0 aliphatic heterocycles. The number of amides is 1. The van der Waals surface area contributed by atoms with Crippen molar-refractivity contribution in [2.24, 2.45) is 5.92 Å². The number of nitrogens with zero attached hydrogens (tertiary/aromatic N) is 2. The third-order valence-electron chi connectivity index (χ3n) is 4.32. The van der Waals surface area contributed by atoms with Gasteiger partial charge in [-0.3, -0.25) is 4.79 Å². The van der Waals surface area contributed by atoms with Crippen LogP contribution in [-0.4, -0.2) is 16.1 Å². The van der Waals surface area contributed by atoms with Crippen LogP contribution in [-0.2, 0) is 4.79 Å². The number of hydrogen-bond donors (Lipinski definition) is 2. The minimum absolute atomic E-state index is 0.110. The van der Waals surface area contributed by atoms with E-state index >= 15 is 0 Å². The molecule has 2 aromatic carbocycles. The monoisotopic (exact) mass is 348 g/mol. The summed E-state index contributed by atoms with van der Waals surface area (Å²) >= 11 is 0. The first-order chi connectivity index (χ1) is 12.7. The van der Waals surface area contributed by atoms with E-state index in [4.69, 9.17) is 4.42 Å². The van der Waals surface area contributed by atoms with Gasteiger partial charge in [-0.2, -0.15) is 0 Å². The maximum absolute atomic E-state index is 11.8. The topological polar surface area (TPSA) is 80.0 Å². The van der Waals surface area contributed by atoms with Crippen LogP contribution in [0.1, 0.15) is 31.7 Å². The maximum atomic E-state index is 11.8. The van der Waals surface area contributed by atoms with Gasteiger partial charge in [0.1, 0.15) is 6.04 Å². The lowest BCUT2D eigenvalue weighted by Crippen LogP contribution is -2.13. The number of rotatable bonds is 6. The molecule has 6 nitrogen and oxygen atoms in total. The molecule has 1 atom stereocenters. The molecule has 0 saturated heterocycles. The molecule has 1 amide bonds. The van der Waals surface area contributed by atoms with E-state index in [0.717, 1.165) is 29.8 Å². The Morgan fingerprint density at radius 1 is 1.04 bits per heavy atom. The number of carbonyl (C=O) groups is 1. The third-order valence-corrected chi connectivity index (χ3v) is 4.32. The number of benzene rings is 2. The summed E-state index contributed by atoms with van der Waals surface area (Å²) in [4.78, 5) is 11.8. The molecule has 1 aliphatic rings. The zero-order valence-electron chi connectivity index (χ0n) is 14.5. The Hall–Kier alpha value is -3.15. The molecule has 1 aliphatic carbocycles. The van der Waals surface area contributed by atoms with Gasteiger partial charge in [0.05, 0.1) is 0 Å². The van der Waals surface area contributed by atoms with Gasteiger partial charge in [-0.1, -0.05) is 18.2 Å². The highest BCUT2D eigenvalue weighted by atomic mass is 16.4. The second-order valence-electron chi connectivity index (χ2n) is 6.52. The second kappa shape index (κ2) is 7.00. The van der Waals surface area contributed by atoms with Crippen molar-refractivity contribution in [2.45, 2.75) is 25.8 Å². The van der Waals surface area contributed by atoms with E-state index in [-0.39, 0.29) is 17.9 Å². The fourth-order valence-electron chi connectivity index (χ4n) is 2.66. The average molecular weight is 348 g/mol. The van der Waals surface area contributed by atoms with E-state index < -0.39 is 0 Å². The molecule has 3 aromatic rings. The molecule has 1 heterocycles. The van der Waals surface area contributed by atoms with Crippen LogP contribution < -0.4 is 10.6 Å². The van der Waals surface area contributed by atoms with Gasteiger partial charge >= 0.3 is 0 Å². The van der Waals surface area contributed by atoms with E-state index in [9.17, 15) is 4.79 Å². The first-order valence-corrected chi connectivity index (χ1v) is 8.75. The molecule has 6 heteroatoms. The van der Waals surface area contributed by atoms with Gasteiger partial charge in [-0.15, -0.1) is 10.2 Å². The Bertz CT molecular complexity index is 886. The summed E-state index contributed by atoms with van der Waals surface area (Å²) in [5, 5.41) is 14.5. The van der Waals surface area contributed by atoms with Crippen molar-refractivity contribution in [1.29, 1.82) is 0 Å². The van der Waals surface area contributed by atoms with Crippen LogP contribution in [0.2, 0.25) is 0 Å². The number of hydrogen-bond acceptors (Lipinski definition) is 5. The van der Waals surface area contributed by atoms with Crippen molar-refractivity contribution >= 4 is 17.3 Å². The van der Waals surface area contributed by atoms with Crippen LogP contribution in [0.15, 0.2) is 59.0 Å². The zero-order chi connectivity index (χ0) is 17.9. The minimum Gasteiger partial charge on any atom is -0.418 e. The normalized spacial score (nSPS) is 14.7. The van der Waals surface area contributed by atoms with Gasteiger partial charge in [0.2, 0.25) is 17.7 Å². The fraction of sp³-hybridized carbons (Fsp3) is 0.250. The third kappa shape index (κ3) is 3.74. The number of aromatic nitrogens is 2. The largest absolute Gasteiger partial charge is 0.418 e. The van der Waals surface area contributed by atoms with Crippen molar-refractivity contribution in [3.63, 3.8) is 0 Å². The SMILES string of the molecule is CC(Nc1ccc(NC(=O)C2CC2)cc1)c1nnc(-c2ccccc2)o1. The lowest BCUT2D eigenvalue weighted by atomic mass is 10.2. The molecular weight excluding hydrogens is 328 g/mol. The summed E-state index contributed by atoms with van der Waals surface area (Å²) in [5.74, 6) is 1.34. The fourth-order valence-corrected chi connectivity index (χ4v) is 2.66. The highest BCUT2D eigenvalue weighted by Crippen LogP contribution is 2.30. The number of nitrogens with one attached hydrogen (secondary N) is 2. The predicted molar refractivity (Wildman–Crippen MR) is 99.6 cm³/mol. The molecule has 0 bridgehead atoms. The van der Waals surface area contributed by atoms with Crippen molar-refractivity contribution in [1.82, 2.24) is 10.2 Å². The molecule has 2 N–H and O–H groups in total. The Kier molecular flexibility index (Phi) is 4.39. The molecule has 1 saturated carbocycles. The van der Waals surface area contributed by atoms with Crippen molar-refractivity contribution < 1.29 is 9.21 Å². The molecule has 1 fully saturated rings. The summed E-state index contributed by atoms with van der Waals surface area (Å²) in [6.07, 6.45) is 2.00. The quantitative estimate of drug-likeness (QED) is 0.696. The lowest BCUT2D eigenvalue weighted by Gasteiger charge is -2.12. The summed E-state index contributed by atoms with van der Waals surface area (Å²) in [7, 11) is 0. The first-order valence-electron chi connectivity index (χ1n) is 8.75. The Morgan fingerprint density at radius 3 is 2.42 bits per heavy atom. The summed E-state index contributed by atoms with van der Waals surface area (Å²) < 4.78 is 5.77. The van der Waals surface area contributed by atoms with Crippen LogP contribution in [0.25, 0.3) is 11.5 Å².